The maximum absolute atomic E-state index is 5.57. The fourth-order valence-electron chi connectivity index (χ4n) is 3.06. The Kier molecular flexibility index (Phi) is 5.65. The lowest BCUT2D eigenvalue weighted by molar-refractivity contribution is 0.0410. The third-order valence-corrected chi connectivity index (χ3v) is 5.07. The number of ether oxygens (including phenoxy) is 2. The van der Waals surface area contributed by atoms with Gasteiger partial charge in [-0.1, -0.05) is 12.1 Å². The number of rotatable bonds is 6. The molecular formula is C18H24N2O2S. The Hall–Kier alpha value is -1.43. The van der Waals surface area contributed by atoms with E-state index in [0.29, 0.717) is 5.92 Å². The molecule has 2 aromatic rings. The molecule has 0 spiro atoms. The molecule has 1 unspecified atom stereocenters. The highest BCUT2D eigenvalue weighted by Gasteiger charge is 2.17. The average Bonchev–Trinajstić information content (AvgIpc) is 3.03. The lowest BCUT2D eigenvalue weighted by Gasteiger charge is -2.26. The first-order valence-electron chi connectivity index (χ1n) is 8.10. The number of benzene rings is 1. The van der Waals surface area contributed by atoms with Gasteiger partial charge in [0.25, 0.3) is 0 Å². The normalized spacial score (nSPS) is 18.3. The maximum Gasteiger partial charge on any atom is 0.129 e. The van der Waals surface area contributed by atoms with Gasteiger partial charge in [-0.15, -0.1) is 11.3 Å². The average molecular weight is 332 g/mol. The molecule has 23 heavy (non-hydrogen) atoms. The molecular weight excluding hydrogens is 308 g/mol. The zero-order valence-corrected chi connectivity index (χ0v) is 14.6. The number of para-hydroxylation sites is 1. The largest absolute Gasteiger partial charge is 0.496 e. The summed E-state index contributed by atoms with van der Waals surface area (Å²) in [6.45, 7) is 3.77. The molecule has 0 N–H and O–H groups in total. The van der Waals surface area contributed by atoms with Crippen LogP contribution < -0.4 is 4.74 Å². The van der Waals surface area contributed by atoms with Crippen molar-refractivity contribution in [2.45, 2.75) is 19.4 Å². The monoisotopic (exact) mass is 332 g/mol. The summed E-state index contributed by atoms with van der Waals surface area (Å²) < 4.78 is 11.0. The molecule has 1 aromatic carbocycles. The lowest BCUT2D eigenvalue weighted by Crippen LogP contribution is -2.30. The summed E-state index contributed by atoms with van der Waals surface area (Å²) in [5.74, 6) is 1.53. The van der Waals surface area contributed by atoms with Crippen molar-refractivity contribution in [3.05, 3.63) is 35.3 Å². The first-order chi connectivity index (χ1) is 11.3. The Bertz CT molecular complexity index is 623. The smallest absolute Gasteiger partial charge is 0.129 e. The molecule has 0 amide bonds. The van der Waals surface area contributed by atoms with E-state index in [1.54, 1.807) is 18.4 Å². The molecule has 5 heteroatoms. The minimum absolute atomic E-state index is 0.654. The zero-order valence-electron chi connectivity index (χ0n) is 13.8. The second-order valence-corrected chi connectivity index (χ2v) is 6.98. The fraction of sp³-hybridized carbons (Fsp3) is 0.500. The van der Waals surface area contributed by atoms with Crippen LogP contribution in [0.15, 0.2) is 29.6 Å². The van der Waals surface area contributed by atoms with Crippen LogP contribution in [0.25, 0.3) is 10.6 Å². The van der Waals surface area contributed by atoms with Gasteiger partial charge in [0, 0.05) is 25.1 Å². The number of hydrogen-bond donors (Lipinski definition) is 0. The van der Waals surface area contributed by atoms with Crippen molar-refractivity contribution >= 4 is 11.3 Å². The van der Waals surface area contributed by atoms with Crippen molar-refractivity contribution in [1.82, 2.24) is 9.88 Å². The van der Waals surface area contributed by atoms with Crippen LogP contribution in [-0.4, -0.2) is 43.8 Å². The minimum atomic E-state index is 0.654. The Labute approximate surface area is 142 Å². The number of aromatic nitrogens is 1. The molecule has 1 fully saturated rings. The van der Waals surface area contributed by atoms with Crippen LogP contribution in [0, 0.1) is 5.92 Å². The Morgan fingerprint density at radius 2 is 2.26 bits per heavy atom. The highest BCUT2D eigenvalue weighted by molar-refractivity contribution is 7.13. The van der Waals surface area contributed by atoms with Crippen molar-refractivity contribution < 1.29 is 9.47 Å². The molecule has 124 valence electrons. The summed E-state index contributed by atoms with van der Waals surface area (Å²) in [6.07, 6.45) is 2.46. The molecule has 2 heterocycles. The second-order valence-electron chi connectivity index (χ2n) is 6.12. The van der Waals surface area contributed by atoms with Crippen LogP contribution in [0.3, 0.4) is 0 Å². The topological polar surface area (TPSA) is 34.6 Å². The second kappa shape index (κ2) is 7.90. The molecule has 1 aromatic heterocycles. The molecule has 1 aliphatic heterocycles. The van der Waals surface area contributed by atoms with E-state index >= 15 is 0 Å². The summed E-state index contributed by atoms with van der Waals surface area (Å²) in [5.41, 5.74) is 2.18. The van der Waals surface area contributed by atoms with Gasteiger partial charge in [0.15, 0.2) is 0 Å². The van der Waals surface area contributed by atoms with Gasteiger partial charge in [-0.2, -0.15) is 0 Å². The van der Waals surface area contributed by atoms with E-state index in [-0.39, 0.29) is 0 Å². The van der Waals surface area contributed by atoms with Gasteiger partial charge < -0.3 is 14.4 Å². The van der Waals surface area contributed by atoms with E-state index in [2.05, 4.69) is 23.4 Å². The first kappa shape index (κ1) is 16.4. The Balaban J connectivity index is 1.62. The Morgan fingerprint density at radius 1 is 1.39 bits per heavy atom. The van der Waals surface area contributed by atoms with E-state index in [1.807, 2.05) is 18.2 Å². The maximum atomic E-state index is 5.57. The minimum Gasteiger partial charge on any atom is -0.496 e. The number of hydrogen-bond acceptors (Lipinski definition) is 5. The molecule has 0 aliphatic carbocycles. The van der Waals surface area contributed by atoms with Crippen molar-refractivity contribution in [2.24, 2.45) is 5.92 Å². The summed E-state index contributed by atoms with van der Waals surface area (Å²) in [5, 5.41) is 3.17. The number of methoxy groups -OCH3 is 1. The van der Waals surface area contributed by atoms with Crippen molar-refractivity contribution in [3.8, 4) is 16.3 Å². The van der Waals surface area contributed by atoms with Crippen LogP contribution in [0.2, 0.25) is 0 Å². The molecule has 3 rings (SSSR count). The summed E-state index contributed by atoms with van der Waals surface area (Å²) in [6, 6.07) is 8.04. The molecule has 0 bridgehead atoms. The molecule has 1 atom stereocenters. The van der Waals surface area contributed by atoms with Crippen LogP contribution in [0.5, 0.6) is 5.75 Å². The fourth-order valence-corrected chi connectivity index (χ4v) is 3.90. The SMILES string of the molecule is COc1ccccc1-c1nc(CN(C)CC2CCCOC2)cs1. The van der Waals surface area contributed by atoms with Gasteiger partial charge in [-0.05, 0) is 37.9 Å². The van der Waals surface area contributed by atoms with Gasteiger partial charge in [0.05, 0.1) is 25.0 Å². The number of nitrogens with zero attached hydrogens (tertiary/aromatic N) is 2. The van der Waals surface area contributed by atoms with Crippen LogP contribution in [-0.2, 0) is 11.3 Å². The third-order valence-electron chi connectivity index (χ3n) is 4.15. The molecule has 1 saturated heterocycles. The van der Waals surface area contributed by atoms with Gasteiger partial charge in [-0.3, -0.25) is 0 Å². The standard InChI is InChI=1S/C18H24N2O2S/c1-20(10-14-6-5-9-22-12-14)11-15-13-23-18(19-15)16-7-3-4-8-17(16)21-2/h3-4,7-8,13-14H,5-6,9-12H2,1-2H3. The Morgan fingerprint density at radius 3 is 3.04 bits per heavy atom. The van der Waals surface area contributed by atoms with Gasteiger partial charge >= 0.3 is 0 Å². The van der Waals surface area contributed by atoms with E-state index in [9.17, 15) is 0 Å². The van der Waals surface area contributed by atoms with Gasteiger partial charge in [-0.25, -0.2) is 4.98 Å². The van der Waals surface area contributed by atoms with E-state index in [1.165, 1.54) is 12.8 Å². The van der Waals surface area contributed by atoms with E-state index < -0.39 is 0 Å². The molecule has 0 saturated carbocycles. The summed E-state index contributed by atoms with van der Waals surface area (Å²) >= 11 is 1.68. The van der Waals surface area contributed by atoms with Gasteiger partial charge in [0.2, 0.25) is 0 Å². The molecule has 0 radical (unpaired) electrons. The van der Waals surface area contributed by atoms with Crippen molar-refractivity contribution in [3.63, 3.8) is 0 Å². The van der Waals surface area contributed by atoms with Crippen LogP contribution in [0.4, 0.5) is 0 Å². The van der Waals surface area contributed by atoms with Crippen molar-refractivity contribution in [1.29, 1.82) is 0 Å². The van der Waals surface area contributed by atoms with Crippen LogP contribution >= 0.6 is 11.3 Å². The highest BCUT2D eigenvalue weighted by Crippen LogP contribution is 2.32. The van der Waals surface area contributed by atoms with Crippen molar-refractivity contribution in [2.75, 3.05) is 33.9 Å². The molecule has 1 aliphatic rings. The summed E-state index contributed by atoms with van der Waals surface area (Å²) in [4.78, 5) is 7.14. The zero-order chi connectivity index (χ0) is 16.1. The first-order valence-corrected chi connectivity index (χ1v) is 8.98. The van der Waals surface area contributed by atoms with E-state index in [4.69, 9.17) is 14.5 Å². The van der Waals surface area contributed by atoms with Crippen LogP contribution in [0.1, 0.15) is 18.5 Å². The third kappa shape index (κ3) is 4.31. The lowest BCUT2D eigenvalue weighted by atomic mass is 10.0. The molecule has 4 nitrogen and oxygen atoms in total. The summed E-state index contributed by atoms with van der Waals surface area (Å²) in [7, 11) is 3.87. The predicted octanol–water partition coefficient (Wildman–Crippen LogP) is 3.68. The van der Waals surface area contributed by atoms with Gasteiger partial charge in [0.1, 0.15) is 10.8 Å². The van der Waals surface area contributed by atoms with E-state index in [0.717, 1.165) is 48.3 Å². The number of thiazole rings is 1. The predicted molar refractivity (Wildman–Crippen MR) is 94.0 cm³/mol. The quantitative estimate of drug-likeness (QED) is 0.808. The highest BCUT2D eigenvalue weighted by atomic mass is 32.1.